The number of aromatic amines is 1. The van der Waals surface area contributed by atoms with Crippen molar-refractivity contribution in [2.45, 2.75) is 39.2 Å². The molecule has 0 spiro atoms. The van der Waals surface area contributed by atoms with Crippen molar-refractivity contribution in [2.24, 2.45) is 0 Å². The average molecular weight is 371 g/mol. The highest BCUT2D eigenvalue weighted by molar-refractivity contribution is 5.94. The molecule has 0 bridgehead atoms. The number of hydrogen-bond donors (Lipinski definition) is 2. The zero-order chi connectivity index (χ0) is 19.4. The molecule has 2 N–H and O–H groups in total. The van der Waals surface area contributed by atoms with Crippen molar-refractivity contribution < 1.29 is 9.18 Å². The van der Waals surface area contributed by atoms with Crippen LogP contribution in [0.2, 0.25) is 0 Å². The van der Waals surface area contributed by atoms with Crippen LogP contribution in [0.25, 0.3) is 0 Å². The van der Waals surface area contributed by atoms with Crippen molar-refractivity contribution in [3.8, 4) is 0 Å². The topological polar surface area (TPSA) is 65.2 Å². The Bertz CT molecular complexity index is 855. The van der Waals surface area contributed by atoms with Gasteiger partial charge in [0.1, 0.15) is 11.4 Å². The summed E-state index contributed by atoms with van der Waals surface area (Å²) in [4.78, 5) is 29.7. The number of H-pyrrole nitrogens is 1. The normalized spacial score (nSPS) is 16.1. The Balaban J connectivity index is 1.78. The first kappa shape index (κ1) is 19.3. The molecule has 2 heterocycles. The van der Waals surface area contributed by atoms with Crippen LogP contribution in [0, 0.1) is 19.7 Å². The molecule has 1 fully saturated rings. The summed E-state index contributed by atoms with van der Waals surface area (Å²) in [6.45, 7) is 5.93. The van der Waals surface area contributed by atoms with Crippen LogP contribution in [-0.2, 0) is 0 Å². The summed E-state index contributed by atoms with van der Waals surface area (Å²) in [6, 6.07) is 8.01. The number of rotatable bonds is 5. The first-order valence-electron chi connectivity index (χ1n) is 9.44. The number of aromatic nitrogens is 1. The number of nitrogens with zero attached hydrogens (tertiary/aromatic N) is 1. The molecule has 144 valence electrons. The molecule has 1 aliphatic rings. The van der Waals surface area contributed by atoms with Gasteiger partial charge in [-0.1, -0.05) is 18.6 Å². The number of piperidine rings is 1. The number of benzene rings is 1. The Morgan fingerprint density at radius 3 is 2.52 bits per heavy atom. The minimum absolute atomic E-state index is 0.0412. The number of pyridine rings is 1. The summed E-state index contributed by atoms with van der Waals surface area (Å²) in [5.41, 5.74) is 2.33. The number of carbonyl (C=O) groups is 1. The molecule has 2 aromatic rings. The van der Waals surface area contributed by atoms with Gasteiger partial charge in [-0.2, -0.15) is 0 Å². The van der Waals surface area contributed by atoms with E-state index in [-0.39, 0.29) is 28.9 Å². The van der Waals surface area contributed by atoms with E-state index in [4.69, 9.17) is 0 Å². The van der Waals surface area contributed by atoms with Crippen LogP contribution in [0.1, 0.15) is 52.5 Å². The highest BCUT2D eigenvalue weighted by Crippen LogP contribution is 2.24. The zero-order valence-corrected chi connectivity index (χ0v) is 15.8. The third kappa shape index (κ3) is 4.63. The van der Waals surface area contributed by atoms with Crippen LogP contribution >= 0.6 is 0 Å². The van der Waals surface area contributed by atoms with Gasteiger partial charge in [-0.3, -0.25) is 14.5 Å². The molecule has 1 amide bonds. The Kier molecular flexibility index (Phi) is 6.06. The number of carbonyl (C=O) groups excluding carboxylic acids is 1. The van der Waals surface area contributed by atoms with Gasteiger partial charge in [-0.25, -0.2) is 4.39 Å². The number of nitrogens with one attached hydrogen (secondary N) is 2. The first-order valence-corrected chi connectivity index (χ1v) is 9.44. The molecule has 1 aromatic carbocycles. The van der Waals surface area contributed by atoms with Crippen molar-refractivity contribution in [3.63, 3.8) is 0 Å². The summed E-state index contributed by atoms with van der Waals surface area (Å²) in [5, 5.41) is 2.90. The number of likely N-dealkylation sites (tertiary alicyclic amines) is 1. The van der Waals surface area contributed by atoms with E-state index in [2.05, 4.69) is 15.2 Å². The fourth-order valence-electron chi connectivity index (χ4n) is 3.55. The second kappa shape index (κ2) is 8.48. The van der Waals surface area contributed by atoms with Gasteiger partial charge in [0, 0.05) is 12.2 Å². The number of aryl methyl sites for hydroxylation is 2. The Hall–Kier alpha value is -2.47. The largest absolute Gasteiger partial charge is 0.350 e. The lowest BCUT2D eigenvalue weighted by Crippen LogP contribution is -2.41. The average Bonchev–Trinajstić information content (AvgIpc) is 2.67. The monoisotopic (exact) mass is 371 g/mol. The van der Waals surface area contributed by atoms with Crippen LogP contribution in [0.4, 0.5) is 4.39 Å². The fraction of sp³-hybridized carbons (Fsp3) is 0.429. The van der Waals surface area contributed by atoms with E-state index in [0.29, 0.717) is 6.54 Å². The standard InChI is InChI=1S/C21H26FN3O2/c1-14-12-18(21(27)24-15(14)2)20(26)23-13-19(25-10-4-3-5-11-25)16-6-8-17(22)9-7-16/h6-9,12,19H,3-5,10-11,13H2,1-2H3,(H,23,26)(H,24,27)/t19-/m1/s1. The van der Waals surface area contributed by atoms with Crippen molar-refractivity contribution in [2.75, 3.05) is 19.6 Å². The summed E-state index contributed by atoms with van der Waals surface area (Å²) < 4.78 is 13.3. The number of hydrogen-bond acceptors (Lipinski definition) is 3. The second-order valence-corrected chi connectivity index (χ2v) is 7.19. The second-order valence-electron chi connectivity index (χ2n) is 7.19. The predicted octanol–water partition coefficient (Wildman–Crippen LogP) is 3.09. The molecule has 0 saturated carbocycles. The van der Waals surface area contributed by atoms with E-state index in [1.54, 1.807) is 25.1 Å². The molecule has 0 radical (unpaired) electrons. The Labute approximate surface area is 158 Å². The van der Waals surface area contributed by atoms with Gasteiger partial charge < -0.3 is 10.3 Å². The molecular weight excluding hydrogens is 345 g/mol. The minimum Gasteiger partial charge on any atom is -0.350 e. The van der Waals surface area contributed by atoms with E-state index in [1.807, 2.05) is 6.92 Å². The highest BCUT2D eigenvalue weighted by Gasteiger charge is 2.23. The molecule has 1 aliphatic heterocycles. The first-order chi connectivity index (χ1) is 13.0. The van der Waals surface area contributed by atoms with E-state index in [1.165, 1.54) is 18.6 Å². The lowest BCUT2D eigenvalue weighted by atomic mass is 10.0. The van der Waals surface area contributed by atoms with Crippen molar-refractivity contribution in [3.05, 3.63) is 68.9 Å². The maximum absolute atomic E-state index is 13.3. The van der Waals surface area contributed by atoms with Gasteiger partial charge in [-0.15, -0.1) is 0 Å². The third-order valence-electron chi connectivity index (χ3n) is 5.28. The predicted molar refractivity (Wildman–Crippen MR) is 103 cm³/mol. The minimum atomic E-state index is -0.386. The quantitative estimate of drug-likeness (QED) is 0.849. The third-order valence-corrected chi connectivity index (χ3v) is 5.28. The fourth-order valence-corrected chi connectivity index (χ4v) is 3.55. The van der Waals surface area contributed by atoms with Gasteiger partial charge in [0.15, 0.2) is 0 Å². The molecule has 3 rings (SSSR count). The number of amides is 1. The number of halogens is 1. The summed E-state index contributed by atoms with van der Waals surface area (Å²) >= 11 is 0. The van der Waals surface area contributed by atoms with Crippen molar-refractivity contribution >= 4 is 5.91 Å². The molecule has 6 heteroatoms. The summed E-state index contributed by atoms with van der Waals surface area (Å²) in [5.74, 6) is -0.662. The smallest absolute Gasteiger partial charge is 0.261 e. The van der Waals surface area contributed by atoms with E-state index in [0.717, 1.165) is 42.8 Å². The molecular formula is C21H26FN3O2. The maximum atomic E-state index is 13.3. The van der Waals surface area contributed by atoms with Crippen molar-refractivity contribution in [1.29, 1.82) is 0 Å². The van der Waals surface area contributed by atoms with Crippen LogP contribution in [0.5, 0.6) is 0 Å². The van der Waals surface area contributed by atoms with Gasteiger partial charge in [-0.05, 0) is 69.1 Å². The highest BCUT2D eigenvalue weighted by atomic mass is 19.1. The summed E-state index contributed by atoms with van der Waals surface area (Å²) in [6.07, 6.45) is 3.43. The molecule has 1 aromatic heterocycles. The van der Waals surface area contributed by atoms with Gasteiger partial charge in [0.05, 0.1) is 6.04 Å². The maximum Gasteiger partial charge on any atom is 0.261 e. The van der Waals surface area contributed by atoms with Gasteiger partial charge in [0.25, 0.3) is 11.5 Å². The molecule has 0 aliphatic carbocycles. The van der Waals surface area contributed by atoms with E-state index < -0.39 is 0 Å². The van der Waals surface area contributed by atoms with Crippen molar-refractivity contribution in [1.82, 2.24) is 15.2 Å². The molecule has 1 atom stereocenters. The van der Waals surface area contributed by atoms with Crippen LogP contribution in [0.15, 0.2) is 35.1 Å². The molecule has 5 nitrogen and oxygen atoms in total. The molecule has 1 saturated heterocycles. The molecule has 27 heavy (non-hydrogen) atoms. The lowest BCUT2D eigenvalue weighted by Gasteiger charge is -2.35. The lowest BCUT2D eigenvalue weighted by molar-refractivity contribution is 0.0922. The SMILES string of the molecule is Cc1cc(C(=O)NC[C@H](c2ccc(F)cc2)N2CCCCC2)c(=O)[nH]c1C. The van der Waals surface area contributed by atoms with Gasteiger partial charge >= 0.3 is 0 Å². The molecule has 0 unspecified atom stereocenters. The van der Waals surface area contributed by atoms with Gasteiger partial charge in [0.2, 0.25) is 0 Å². The van der Waals surface area contributed by atoms with Crippen LogP contribution in [-0.4, -0.2) is 35.4 Å². The zero-order valence-electron chi connectivity index (χ0n) is 15.8. The van der Waals surface area contributed by atoms with Crippen LogP contribution in [0.3, 0.4) is 0 Å². The van der Waals surface area contributed by atoms with E-state index >= 15 is 0 Å². The van der Waals surface area contributed by atoms with Crippen LogP contribution < -0.4 is 10.9 Å². The van der Waals surface area contributed by atoms with E-state index in [9.17, 15) is 14.0 Å². The Morgan fingerprint density at radius 2 is 1.85 bits per heavy atom. The summed E-state index contributed by atoms with van der Waals surface area (Å²) in [7, 11) is 0. The Morgan fingerprint density at radius 1 is 1.19 bits per heavy atom.